The lowest BCUT2D eigenvalue weighted by molar-refractivity contribution is 0.411. The van der Waals surface area contributed by atoms with Crippen molar-refractivity contribution in [1.29, 1.82) is 0 Å². The zero-order chi connectivity index (χ0) is 19.1. The molecule has 0 radical (unpaired) electrons. The lowest BCUT2D eigenvalue weighted by atomic mass is 9.95. The Morgan fingerprint density at radius 3 is 2.89 bits per heavy atom. The van der Waals surface area contributed by atoms with Gasteiger partial charge in [-0.2, -0.15) is 5.10 Å². The average molecular weight is 375 g/mol. The fraction of sp³-hybridized carbons (Fsp3) is 0.286. The van der Waals surface area contributed by atoms with E-state index < -0.39 is 0 Å². The highest BCUT2D eigenvalue weighted by Crippen LogP contribution is 2.28. The Hall–Kier alpha value is -3.19. The predicted molar refractivity (Wildman–Crippen MR) is 108 cm³/mol. The first-order valence-electron chi connectivity index (χ1n) is 9.40. The zero-order valence-corrected chi connectivity index (χ0v) is 15.5. The van der Waals surface area contributed by atoms with Gasteiger partial charge in [0.25, 0.3) is 5.56 Å². The van der Waals surface area contributed by atoms with Gasteiger partial charge >= 0.3 is 0 Å². The molecule has 2 aromatic carbocycles. The predicted octanol–water partition coefficient (Wildman–Crippen LogP) is 1.99. The lowest BCUT2D eigenvalue weighted by Gasteiger charge is -2.26. The van der Waals surface area contributed by atoms with Crippen molar-refractivity contribution in [2.24, 2.45) is 5.10 Å². The van der Waals surface area contributed by atoms with Gasteiger partial charge in [-0.3, -0.25) is 4.79 Å². The normalized spacial score (nSPS) is 20.8. The molecule has 7 nitrogen and oxygen atoms in total. The summed E-state index contributed by atoms with van der Waals surface area (Å²) in [6.07, 6.45) is 2.62. The van der Waals surface area contributed by atoms with Crippen LogP contribution in [0, 0.1) is 0 Å². The molecule has 7 heteroatoms. The fourth-order valence-electron chi connectivity index (χ4n) is 3.93. The molecule has 0 spiro atoms. The van der Waals surface area contributed by atoms with Crippen molar-refractivity contribution in [2.75, 3.05) is 13.7 Å². The molecule has 5 rings (SSSR count). The van der Waals surface area contributed by atoms with Crippen LogP contribution in [-0.4, -0.2) is 29.8 Å². The summed E-state index contributed by atoms with van der Waals surface area (Å²) in [5.74, 6) is 1.70. The van der Waals surface area contributed by atoms with Crippen LogP contribution >= 0.6 is 0 Å². The van der Waals surface area contributed by atoms with Crippen LogP contribution in [0.25, 0.3) is 10.9 Å². The van der Waals surface area contributed by atoms with Gasteiger partial charge in [0, 0.05) is 25.2 Å². The Morgan fingerprint density at radius 2 is 2.07 bits per heavy atom. The standard InChI is InChI=1S/C21H21N5O2/c1-28-16-4-2-13-9-22-19(8-14(13)6-16)20-25-18-5-3-12(15-10-23-24-11-15)7-17(18)21(27)26-20/h2-7,10,15,19,22,24H,8-9,11H2,1H3,(H,25,26,27)/t15?,19-/m0/s1. The molecule has 0 aliphatic carbocycles. The van der Waals surface area contributed by atoms with Gasteiger partial charge in [-0.05, 0) is 47.4 Å². The first-order chi connectivity index (χ1) is 13.7. The summed E-state index contributed by atoms with van der Waals surface area (Å²) in [5.41, 5.74) is 7.09. The van der Waals surface area contributed by atoms with E-state index in [1.165, 1.54) is 11.1 Å². The SMILES string of the molecule is COc1ccc2c(c1)C[C@@H](c1nc3ccc(C4C=NNC4)cc3c(=O)[nH]1)NC2. The maximum atomic E-state index is 12.8. The third-order valence-corrected chi connectivity index (χ3v) is 5.54. The van der Waals surface area contributed by atoms with Gasteiger partial charge in [0.05, 0.1) is 24.1 Å². The molecule has 0 bridgehead atoms. The van der Waals surface area contributed by atoms with Crippen LogP contribution in [0.5, 0.6) is 5.75 Å². The third kappa shape index (κ3) is 2.93. The fourth-order valence-corrected chi connectivity index (χ4v) is 3.93. The minimum atomic E-state index is -0.108. The molecule has 1 aromatic heterocycles. The zero-order valence-electron chi connectivity index (χ0n) is 15.5. The quantitative estimate of drug-likeness (QED) is 0.651. The highest BCUT2D eigenvalue weighted by atomic mass is 16.5. The maximum Gasteiger partial charge on any atom is 0.258 e. The van der Waals surface area contributed by atoms with E-state index in [4.69, 9.17) is 9.72 Å². The van der Waals surface area contributed by atoms with Crippen molar-refractivity contribution in [3.63, 3.8) is 0 Å². The molecular formula is C21H21N5O2. The second-order valence-corrected chi connectivity index (χ2v) is 7.25. The number of benzene rings is 2. The summed E-state index contributed by atoms with van der Waals surface area (Å²) >= 11 is 0. The van der Waals surface area contributed by atoms with E-state index >= 15 is 0 Å². The first kappa shape index (κ1) is 16.9. The molecule has 0 saturated carbocycles. The Bertz CT molecular complexity index is 1140. The molecule has 0 amide bonds. The molecule has 1 unspecified atom stereocenters. The van der Waals surface area contributed by atoms with Gasteiger partial charge in [0.2, 0.25) is 0 Å². The molecule has 2 atom stereocenters. The van der Waals surface area contributed by atoms with Gasteiger partial charge in [0.1, 0.15) is 11.6 Å². The van der Waals surface area contributed by atoms with E-state index in [0.717, 1.165) is 30.8 Å². The number of hydrazone groups is 1. The number of ether oxygens (including phenoxy) is 1. The maximum absolute atomic E-state index is 12.8. The van der Waals surface area contributed by atoms with E-state index in [1.807, 2.05) is 30.5 Å². The van der Waals surface area contributed by atoms with Gasteiger partial charge in [-0.15, -0.1) is 0 Å². The number of methoxy groups -OCH3 is 1. The van der Waals surface area contributed by atoms with E-state index in [-0.39, 0.29) is 17.5 Å². The summed E-state index contributed by atoms with van der Waals surface area (Å²) < 4.78 is 5.34. The molecule has 0 saturated heterocycles. The Labute approximate surface area is 161 Å². The molecule has 3 aromatic rings. The van der Waals surface area contributed by atoms with Crippen molar-refractivity contribution < 1.29 is 4.74 Å². The number of nitrogens with one attached hydrogen (secondary N) is 3. The van der Waals surface area contributed by atoms with Crippen LogP contribution in [0.2, 0.25) is 0 Å². The molecular weight excluding hydrogens is 354 g/mol. The monoisotopic (exact) mass is 375 g/mol. The van der Waals surface area contributed by atoms with Crippen LogP contribution in [0.15, 0.2) is 46.3 Å². The van der Waals surface area contributed by atoms with Crippen molar-refractivity contribution in [3.05, 3.63) is 69.3 Å². The largest absolute Gasteiger partial charge is 0.497 e. The summed E-state index contributed by atoms with van der Waals surface area (Å²) in [7, 11) is 1.67. The average Bonchev–Trinajstić information content (AvgIpc) is 3.27. The Morgan fingerprint density at radius 1 is 1.14 bits per heavy atom. The molecule has 28 heavy (non-hydrogen) atoms. The molecule has 3 N–H and O–H groups in total. The minimum Gasteiger partial charge on any atom is -0.497 e. The number of aromatic amines is 1. The number of H-pyrrole nitrogens is 1. The summed E-state index contributed by atoms with van der Waals surface area (Å²) in [4.78, 5) is 20.5. The summed E-state index contributed by atoms with van der Waals surface area (Å²) in [6, 6.07) is 11.9. The molecule has 2 aliphatic heterocycles. The number of rotatable bonds is 3. The number of aromatic nitrogens is 2. The van der Waals surface area contributed by atoms with Crippen LogP contribution < -0.4 is 21.0 Å². The lowest BCUT2D eigenvalue weighted by Crippen LogP contribution is -2.31. The second-order valence-electron chi connectivity index (χ2n) is 7.25. The number of nitrogens with zero attached hydrogens (tertiary/aromatic N) is 2. The summed E-state index contributed by atoms with van der Waals surface area (Å²) in [6.45, 7) is 1.49. The molecule has 142 valence electrons. The van der Waals surface area contributed by atoms with Crippen LogP contribution in [0.3, 0.4) is 0 Å². The van der Waals surface area contributed by atoms with Gasteiger partial charge < -0.3 is 20.5 Å². The third-order valence-electron chi connectivity index (χ3n) is 5.54. The van der Waals surface area contributed by atoms with Crippen LogP contribution in [-0.2, 0) is 13.0 Å². The van der Waals surface area contributed by atoms with E-state index in [9.17, 15) is 4.79 Å². The topological polar surface area (TPSA) is 91.4 Å². The van der Waals surface area contributed by atoms with Crippen molar-refractivity contribution in [3.8, 4) is 5.75 Å². The number of fused-ring (bicyclic) bond motifs is 2. The van der Waals surface area contributed by atoms with Gasteiger partial charge in [-0.25, -0.2) is 4.98 Å². The van der Waals surface area contributed by atoms with Gasteiger partial charge in [-0.1, -0.05) is 12.1 Å². The Kier molecular flexibility index (Phi) is 4.09. The molecule has 3 heterocycles. The van der Waals surface area contributed by atoms with E-state index in [0.29, 0.717) is 16.7 Å². The molecule has 2 aliphatic rings. The minimum absolute atomic E-state index is 0.0393. The second kappa shape index (κ2) is 6.76. The van der Waals surface area contributed by atoms with Crippen LogP contribution in [0.4, 0.5) is 0 Å². The molecule has 0 fully saturated rings. The van der Waals surface area contributed by atoms with Crippen molar-refractivity contribution >= 4 is 17.1 Å². The number of hydrogen-bond acceptors (Lipinski definition) is 6. The summed E-state index contributed by atoms with van der Waals surface area (Å²) in [5, 5.41) is 8.14. The number of hydrogen-bond donors (Lipinski definition) is 3. The first-order valence-corrected chi connectivity index (χ1v) is 9.40. The smallest absolute Gasteiger partial charge is 0.258 e. The van der Waals surface area contributed by atoms with Crippen molar-refractivity contribution in [1.82, 2.24) is 20.7 Å². The highest BCUT2D eigenvalue weighted by molar-refractivity contribution is 5.80. The van der Waals surface area contributed by atoms with E-state index in [2.05, 4.69) is 33.0 Å². The van der Waals surface area contributed by atoms with Gasteiger partial charge in [0.15, 0.2) is 0 Å². The highest BCUT2D eigenvalue weighted by Gasteiger charge is 2.23. The van der Waals surface area contributed by atoms with Crippen LogP contribution in [0.1, 0.15) is 34.5 Å². The Balaban J connectivity index is 1.48. The van der Waals surface area contributed by atoms with Crippen molar-refractivity contribution in [2.45, 2.75) is 24.9 Å². The van der Waals surface area contributed by atoms with E-state index in [1.54, 1.807) is 7.11 Å².